The standard InChI is InChI=1S/C24H18N2OS/c1-3-8-18(9-4-1)17-27-21-13-7-12-20(16-21)22-23(19-10-5-2-6-11-19)26-14-15-28-24(26)25-22/h1-16H,17H2. The average Bonchev–Trinajstić information content (AvgIpc) is 3.35. The largest absolute Gasteiger partial charge is 0.489 e. The Balaban J connectivity index is 1.53. The minimum Gasteiger partial charge on any atom is -0.489 e. The lowest BCUT2D eigenvalue weighted by atomic mass is 10.0. The average molecular weight is 382 g/mol. The van der Waals surface area contributed by atoms with Crippen LogP contribution in [0, 0.1) is 0 Å². The van der Waals surface area contributed by atoms with E-state index in [-0.39, 0.29) is 0 Å². The number of ether oxygens (including phenoxy) is 1. The molecule has 2 aromatic heterocycles. The van der Waals surface area contributed by atoms with Crippen molar-refractivity contribution in [2.24, 2.45) is 0 Å². The zero-order chi connectivity index (χ0) is 18.8. The summed E-state index contributed by atoms with van der Waals surface area (Å²) in [6.07, 6.45) is 2.08. The molecule has 0 atom stereocenters. The van der Waals surface area contributed by atoms with Crippen LogP contribution >= 0.6 is 11.3 Å². The van der Waals surface area contributed by atoms with Gasteiger partial charge in [-0.2, -0.15) is 0 Å². The Bertz CT molecular complexity index is 1210. The third-order valence-electron chi connectivity index (χ3n) is 4.67. The van der Waals surface area contributed by atoms with Gasteiger partial charge in [0.05, 0.1) is 11.4 Å². The minimum absolute atomic E-state index is 0.550. The highest BCUT2D eigenvalue weighted by molar-refractivity contribution is 7.15. The van der Waals surface area contributed by atoms with Gasteiger partial charge >= 0.3 is 0 Å². The molecule has 0 radical (unpaired) electrons. The quantitative estimate of drug-likeness (QED) is 0.356. The SMILES string of the molecule is c1ccc(COc2cccc(-c3nc4sccn4c3-c3ccccc3)c2)cc1. The van der Waals surface area contributed by atoms with Gasteiger partial charge in [0.1, 0.15) is 12.4 Å². The molecular formula is C24H18N2OS. The number of fused-ring (bicyclic) bond motifs is 1. The fraction of sp³-hybridized carbons (Fsp3) is 0.0417. The molecule has 0 amide bonds. The highest BCUT2D eigenvalue weighted by Gasteiger charge is 2.17. The monoisotopic (exact) mass is 382 g/mol. The molecule has 28 heavy (non-hydrogen) atoms. The van der Waals surface area contributed by atoms with E-state index < -0.39 is 0 Å². The third-order valence-corrected chi connectivity index (χ3v) is 5.42. The van der Waals surface area contributed by atoms with Crippen LogP contribution in [0.4, 0.5) is 0 Å². The Labute approximate surface area is 167 Å². The number of hydrogen-bond donors (Lipinski definition) is 0. The second-order valence-corrected chi connectivity index (χ2v) is 7.41. The van der Waals surface area contributed by atoms with Gasteiger partial charge in [0.15, 0.2) is 4.96 Å². The van der Waals surface area contributed by atoms with E-state index in [1.807, 2.05) is 36.4 Å². The summed E-state index contributed by atoms with van der Waals surface area (Å²) in [6, 6.07) is 28.8. The molecule has 3 nitrogen and oxygen atoms in total. The first-order valence-corrected chi connectivity index (χ1v) is 10.0. The number of nitrogens with zero attached hydrogens (tertiary/aromatic N) is 2. The Hall–Kier alpha value is -3.37. The van der Waals surface area contributed by atoms with Crippen molar-refractivity contribution in [3.8, 4) is 28.3 Å². The van der Waals surface area contributed by atoms with Crippen molar-refractivity contribution in [1.29, 1.82) is 0 Å². The van der Waals surface area contributed by atoms with Crippen LogP contribution in [0.1, 0.15) is 5.56 Å². The van der Waals surface area contributed by atoms with Gasteiger partial charge in [0, 0.05) is 22.7 Å². The van der Waals surface area contributed by atoms with Gasteiger partial charge in [0.25, 0.3) is 0 Å². The Morgan fingerprint density at radius 1 is 0.821 bits per heavy atom. The van der Waals surface area contributed by atoms with E-state index in [0.717, 1.165) is 38.8 Å². The summed E-state index contributed by atoms with van der Waals surface area (Å²) in [5.74, 6) is 0.844. The van der Waals surface area contributed by atoms with Crippen LogP contribution in [-0.4, -0.2) is 9.38 Å². The summed E-state index contributed by atoms with van der Waals surface area (Å²) in [7, 11) is 0. The van der Waals surface area contributed by atoms with Gasteiger partial charge < -0.3 is 4.74 Å². The summed E-state index contributed by atoms with van der Waals surface area (Å²) in [5.41, 5.74) is 5.44. The summed E-state index contributed by atoms with van der Waals surface area (Å²) in [4.78, 5) is 5.89. The van der Waals surface area contributed by atoms with Crippen LogP contribution in [0.15, 0.2) is 96.5 Å². The van der Waals surface area contributed by atoms with E-state index in [4.69, 9.17) is 9.72 Å². The topological polar surface area (TPSA) is 26.5 Å². The molecule has 0 bridgehead atoms. The van der Waals surface area contributed by atoms with E-state index in [9.17, 15) is 0 Å². The normalized spacial score (nSPS) is 11.0. The van der Waals surface area contributed by atoms with E-state index >= 15 is 0 Å². The minimum atomic E-state index is 0.550. The van der Waals surface area contributed by atoms with Crippen molar-refractivity contribution in [1.82, 2.24) is 9.38 Å². The second kappa shape index (κ2) is 7.33. The maximum absolute atomic E-state index is 6.02. The first-order valence-electron chi connectivity index (χ1n) is 9.16. The van der Waals surface area contributed by atoms with E-state index in [1.165, 1.54) is 0 Å². The molecule has 3 aromatic carbocycles. The van der Waals surface area contributed by atoms with Crippen molar-refractivity contribution >= 4 is 16.3 Å². The van der Waals surface area contributed by atoms with Crippen molar-refractivity contribution in [3.05, 3.63) is 102 Å². The Morgan fingerprint density at radius 2 is 1.57 bits per heavy atom. The zero-order valence-electron chi connectivity index (χ0n) is 15.2. The van der Waals surface area contributed by atoms with Gasteiger partial charge in [-0.1, -0.05) is 72.8 Å². The highest BCUT2D eigenvalue weighted by Crippen LogP contribution is 2.35. The molecule has 0 aliphatic carbocycles. The summed E-state index contributed by atoms with van der Waals surface area (Å²) >= 11 is 1.64. The maximum atomic E-state index is 6.02. The molecule has 0 fully saturated rings. The first-order chi connectivity index (χ1) is 13.9. The molecule has 0 saturated carbocycles. The Kier molecular flexibility index (Phi) is 4.39. The van der Waals surface area contributed by atoms with Gasteiger partial charge in [-0.15, -0.1) is 11.3 Å². The summed E-state index contributed by atoms with van der Waals surface area (Å²) < 4.78 is 8.18. The molecule has 5 aromatic rings. The van der Waals surface area contributed by atoms with E-state index in [0.29, 0.717) is 6.61 Å². The smallest absolute Gasteiger partial charge is 0.194 e. The molecule has 2 heterocycles. The Morgan fingerprint density at radius 3 is 2.39 bits per heavy atom. The van der Waals surface area contributed by atoms with Crippen molar-refractivity contribution in [3.63, 3.8) is 0 Å². The summed E-state index contributed by atoms with van der Waals surface area (Å²) in [5, 5.41) is 2.07. The zero-order valence-corrected chi connectivity index (χ0v) is 16.0. The summed E-state index contributed by atoms with van der Waals surface area (Å²) in [6.45, 7) is 0.550. The van der Waals surface area contributed by atoms with Crippen molar-refractivity contribution < 1.29 is 4.74 Å². The van der Waals surface area contributed by atoms with Crippen LogP contribution in [0.2, 0.25) is 0 Å². The predicted molar refractivity (Wildman–Crippen MR) is 115 cm³/mol. The predicted octanol–water partition coefficient (Wildman–Crippen LogP) is 6.31. The number of imidazole rings is 1. The van der Waals surface area contributed by atoms with Crippen LogP contribution < -0.4 is 4.74 Å². The lowest BCUT2D eigenvalue weighted by Crippen LogP contribution is -1.95. The number of hydrogen-bond acceptors (Lipinski definition) is 3. The molecule has 5 rings (SSSR count). The molecule has 0 unspecified atom stereocenters. The van der Waals surface area contributed by atoms with Crippen molar-refractivity contribution in [2.75, 3.05) is 0 Å². The number of aromatic nitrogens is 2. The molecule has 0 saturated heterocycles. The molecule has 0 spiro atoms. The van der Waals surface area contributed by atoms with Crippen LogP contribution in [-0.2, 0) is 6.61 Å². The number of benzene rings is 3. The molecule has 136 valence electrons. The molecule has 4 heteroatoms. The number of thiazole rings is 1. The fourth-order valence-electron chi connectivity index (χ4n) is 3.33. The molecule has 0 aliphatic heterocycles. The second-order valence-electron chi connectivity index (χ2n) is 6.53. The fourth-order valence-corrected chi connectivity index (χ4v) is 4.05. The van der Waals surface area contributed by atoms with E-state index in [2.05, 4.69) is 64.5 Å². The third kappa shape index (κ3) is 3.19. The van der Waals surface area contributed by atoms with Crippen LogP contribution in [0.5, 0.6) is 5.75 Å². The number of rotatable bonds is 5. The molecule has 0 aliphatic rings. The van der Waals surface area contributed by atoms with Gasteiger partial charge in [-0.25, -0.2) is 4.98 Å². The van der Waals surface area contributed by atoms with Crippen LogP contribution in [0.3, 0.4) is 0 Å². The van der Waals surface area contributed by atoms with Gasteiger partial charge in [-0.3, -0.25) is 4.40 Å². The lowest BCUT2D eigenvalue weighted by Gasteiger charge is -2.09. The highest BCUT2D eigenvalue weighted by atomic mass is 32.1. The van der Waals surface area contributed by atoms with Gasteiger partial charge in [-0.05, 0) is 17.7 Å². The first kappa shape index (κ1) is 16.8. The van der Waals surface area contributed by atoms with Crippen LogP contribution in [0.25, 0.3) is 27.5 Å². The lowest BCUT2D eigenvalue weighted by molar-refractivity contribution is 0.306. The maximum Gasteiger partial charge on any atom is 0.194 e. The molecule has 0 N–H and O–H groups in total. The van der Waals surface area contributed by atoms with Crippen molar-refractivity contribution in [2.45, 2.75) is 6.61 Å². The van der Waals surface area contributed by atoms with Gasteiger partial charge in [0.2, 0.25) is 0 Å². The molecular weight excluding hydrogens is 364 g/mol. The van der Waals surface area contributed by atoms with E-state index in [1.54, 1.807) is 11.3 Å².